The van der Waals surface area contributed by atoms with Gasteiger partial charge in [-0.25, -0.2) is 4.98 Å². The summed E-state index contributed by atoms with van der Waals surface area (Å²) in [7, 11) is 1.62. The molecule has 7 heteroatoms. The molecule has 3 heterocycles. The molecule has 1 aliphatic rings. The fraction of sp³-hybridized carbons (Fsp3) is 0.138. The molecule has 0 fully saturated rings. The quantitative estimate of drug-likeness (QED) is 0.347. The van der Waals surface area contributed by atoms with E-state index in [-0.39, 0.29) is 11.8 Å². The van der Waals surface area contributed by atoms with Gasteiger partial charge in [0.2, 0.25) is 0 Å². The summed E-state index contributed by atoms with van der Waals surface area (Å²) in [5.41, 5.74) is 3.20. The summed E-state index contributed by atoms with van der Waals surface area (Å²) in [5, 5.41) is 5.48. The van der Waals surface area contributed by atoms with Crippen LogP contribution in [-0.2, 0) is 22.7 Å². The van der Waals surface area contributed by atoms with Crippen molar-refractivity contribution in [2.75, 3.05) is 7.11 Å². The second-order valence-corrected chi connectivity index (χ2v) is 8.87. The predicted octanol–water partition coefficient (Wildman–Crippen LogP) is 4.66. The molecule has 178 valence electrons. The summed E-state index contributed by atoms with van der Waals surface area (Å²) in [4.78, 5) is 30.3. The molecule has 0 spiro atoms. The van der Waals surface area contributed by atoms with E-state index in [1.807, 2.05) is 77.6 Å². The van der Waals surface area contributed by atoms with Crippen molar-refractivity contribution in [1.29, 1.82) is 0 Å². The van der Waals surface area contributed by atoms with E-state index in [9.17, 15) is 9.59 Å². The summed E-state index contributed by atoms with van der Waals surface area (Å²) in [6.45, 7) is 1.57. The molecule has 0 saturated heterocycles. The van der Waals surface area contributed by atoms with Crippen molar-refractivity contribution in [2.24, 2.45) is 0 Å². The Kier molecular flexibility index (Phi) is 5.37. The smallest absolute Gasteiger partial charge is 0.259 e. The summed E-state index contributed by atoms with van der Waals surface area (Å²) in [5.74, 6) is -0.0740. The highest BCUT2D eigenvalue weighted by molar-refractivity contribution is 6.50. The molecule has 6 rings (SSSR count). The molecular formula is C29H24N4O3. The largest absolute Gasteiger partial charge is 0.497 e. The molecule has 1 N–H and O–H groups in total. The van der Waals surface area contributed by atoms with Crippen molar-refractivity contribution >= 4 is 44.6 Å². The van der Waals surface area contributed by atoms with Gasteiger partial charge in [0.1, 0.15) is 5.75 Å². The zero-order chi connectivity index (χ0) is 24.6. The molecule has 0 unspecified atom stereocenters. The first-order valence-corrected chi connectivity index (χ1v) is 11.8. The van der Waals surface area contributed by atoms with Crippen molar-refractivity contribution in [3.05, 3.63) is 96.7 Å². The van der Waals surface area contributed by atoms with E-state index in [1.54, 1.807) is 19.6 Å². The van der Waals surface area contributed by atoms with E-state index in [2.05, 4.69) is 14.9 Å². The summed E-state index contributed by atoms with van der Waals surface area (Å²) in [6.07, 6.45) is 8.38. The predicted molar refractivity (Wildman–Crippen MR) is 139 cm³/mol. The van der Waals surface area contributed by atoms with Crippen molar-refractivity contribution < 1.29 is 14.3 Å². The van der Waals surface area contributed by atoms with Gasteiger partial charge in [-0.2, -0.15) is 0 Å². The Labute approximate surface area is 207 Å². The normalized spacial score (nSPS) is 13.7. The van der Waals surface area contributed by atoms with Crippen LogP contribution in [-0.4, -0.2) is 33.0 Å². The van der Waals surface area contributed by atoms with Crippen molar-refractivity contribution in [3.8, 4) is 5.75 Å². The number of hydrogen-bond donors (Lipinski definition) is 1. The molecule has 7 nitrogen and oxygen atoms in total. The molecule has 0 radical (unpaired) electrons. The number of nitrogens with zero attached hydrogens (tertiary/aromatic N) is 3. The number of benzene rings is 3. The van der Waals surface area contributed by atoms with Crippen LogP contribution in [0.5, 0.6) is 5.75 Å². The standard InChI is InChI=1S/C29H24N4O3/c1-36-22-9-10-25-23(16-22)24(17-33(25)13-4-12-32-14-11-30-18-32)27-26(28(34)31-29(27)35)21-8-7-19-5-2-3-6-20(19)15-21/h2-3,5-11,14-18H,4,12-13H2,1H3,(H,31,34,35). The van der Waals surface area contributed by atoms with Gasteiger partial charge in [-0.05, 0) is 47.0 Å². The number of aromatic nitrogens is 3. The number of aryl methyl sites for hydroxylation is 2. The Bertz CT molecular complexity index is 1660. The average Bonchev–Trinajstić information content (AvgIpc) is 3.61. The van der Waals surface area contributed by atoms with E-state index in [0.29, 0.717) is 16.9 Å². The van der Waals surface area contributed by atoms with Crippen molar-refractivity contribution in [3.63, 3.8) is 0 Å². The fourth-order valence-electron chi connectivity index (χ4n) is 4.96. The molecule has 2 amide bonds. The van der Waals surface area contributed by atoms with Gasteiger partial charge < -0.3 is 13.9 Å². The number of rotatable bonds is 7. The second kappa shape index (κ2) is 8.85. The number of amides is 2. The summed E-state index contributed by atoms with van der Waals surface area (Å²) >= 11 is 0. The lowest BCUT2D eigenvalue weighted by molar-refractivity contribution is -0.122. The number of carbonyl (C=O) groups excluding carboxylic acids is 2. The third kappa shape index (κ3) is 3.75. The van der Waals surface area contributed by atoms with Gasteiger partial charge in [0.15, 0.2) is 0 Å². The van der Waals surface area contributed by atoms with E-state index >= 15 is 0 Å². The Balaban J connectivity index is 1.49. The Morgan fingerprint density at radius 2 is 1.75 bits per heavy atom. The van der Waals surface area contributed by atoms with Crippen LogP contribution >= 0.6 is 0 Å². The molecule has 5 aromatic rings. The highest BCUT2D eigenvalue weighted by atomic mass is 16.5. The van der Waals surface area contributed by atoms with Gasteiger partial charge in [0.05, 0.1) is 24.6 Å². The minimum absolute atomic E-state index is 0.380. The maximum atomic E-state index is 13.2. The molecule has 0 aliphatic carbocycles. The minimum Gasteiger partial charge on any atom is -0.497 e. The molecule has 0 atom stereocenters. The van der Waals surface area contributed by atoms with Crippen LogP contribution in [0.3, 0.4) is 0 Å². The number of methoxy groups -OCH3 is 1. The molecule has 1 aliphatic heterocycles. The van der Waals surface area contributed by atoms with Crippen LogP contribution in [0.15, 0.2) is 85.6 Å². The zero-order valence-electron chi connectivity index (χ0n) is 19.8. The summed E-state index contributed by atoms with van der Waals surface area (Å²) in [6, 6.07) is 19.7. The number of carbonyl (C=O) groups is 2. The second-order valence-electron chi connectivity index (χ2n) is 8.87. The lowest BCUT2D eigenvalue weighted by atomic mass is 9.94. The Hall–Kier alpha value is -4.65. The number of nitrogens with one attached hydrogen (secondary N) is 1. The first-order chi connectivity index (χ1) is 17.6. The number of fused-ring (bicyclic) bond motifs is 2. The highest BCUT2D eigenvalue weighted by Gasteiger charge is 2.34. The van der Waals surface area contributed by atoms with Crippen LogP contribution in [0.2, 0.25) is 0 Å². The third-order valence-electron chi connectivity index (χ3n) is 6.70. The van der Waals surface area contributed by atoms with Crippen LogP contribution < -0.4 is 10.1 Å². The van der Waals surface area contributed by atoms with Crippen molar-refractivity contribution in [1.82, 2.24) is 19.4 Å². The van der Waals surface area contributed by atoms with E-state index in [4.69, 9.17) is 4.74 Å². The highest BCUT2D eigenvalue weighted by Crippen LogP contribution is 2.38. The van der Waals surface area contributed by atoms with Gasteiger partial charge >= 0.3 is 0 Å². The van der Waals surface area contributed by atoms with E-state index < -0.39 is 0 Å². The molecule has 36 heavy (non-hydrogen) atoms. The maximum absolute atomic E-state index is 13.2. The van der Waals surface area contributed by atoms with Gasteiger partial charge in [-0.3, -0.25) is 14.9 Å². The number of ether oxygens (including phenoxy) is 1. The first kappa shape index (κ1) is 21.9. The SMILES string of the molecule is COc1ccc2c(c1)c(C1=C(c3ccc4ccccc4c3)C(=O)NC1=O)cn2CCCn1ccnc1. The van der Waals surface area contributed by atoms with Gasteiger partial charge in [0.25, 0.3) is 11.8 Å². The molecule has 2 aromatic heterocycles. The van der Waals surface area contributed by atoms with Crippen LogP contribution in [0.25, 0.3) is 32.8 Å². The monoisotopic (exact) mass is 476 g/mol. The summed E-state index contributed by atoms with van der Waals surface area (Å²) < 4.78 is 9.67. The Morgan fingerprint density at radius 3 is 2.56 bits per heavy atom. The molecular weight excluding hydrogens is 452 g/mol. The first-order valence-electron chi connectivity index (χ1n) is 11.8. The van der Waals surface area contributed by atoms with Crippen LogP contribution in [0, 0.1) is 0 Å². The number of hydrogen-bond acceptors (Lipinski definition) is 4. The van der Waals surface area contributed by atoms with E-state index in [0.717, 1.165) is 52.3 Å². The minimum atomic E-state index is -0.386. The lowest BCUT2D eigenvalue weighted by Gasteiger charge is -2.07. The van der Waals surface area contributed by atoms with Crippen LogP contribution in [0.1, 0.15) is 17.5 Å². The van der Waals surface area contributed by atoms with Crippen molar-refractivity contribution in [2.45, 2.75) is 19.5 Å². The third-order valence-corrected chi connectivity index (χ3v) is 6.70. The van der Waals surface area contributed by atoms with Gasteiger partial charge in [-0.1, -0.05) is 36.4 Å². The number of imidazole rings is 1. The maximum Gasteiger partial charge on any atom is 0.259 e. The van der Waals surface area contributed by atoms with Crippen LogP contribution in [0.4, 0.5) is 0 Å². The number of imide groups is 1. The fourth-order valence-corrected chi connectivity index (χ4v) is 4.96. The average molecular weight is 477 g/mol. The lowest BCUT2D eigenvalue weighted by Crippen LogP contribution is -2.22. The van der Waals surface area contributed by atoms with E-state index in [1.165, 1.54) is 0 Å². The zero-order valence-corrected chi connectivity index (χ0v) is 19.8. The molecule has 0 bridgehead atoms. The molecule has 3 aromatic carbocycles. The van der Waals surface area contributed by atoms with Gasteiger partial charge in [0, 0.05) is 48.1 Å². The molecule has 0 saturated carbocycles. The topological polar surface area (TPSA) is 78.1 Å². The Morgan fingerprint density at radius 1 is 0.917 bits per heavy atom. The van der Waals surface area contributed by atoms with Gasteiger partial charge in [-0.15, -0.1) is 0 Å².